The van der Waals surface area contributed by atoms with Crippen LogP contribution in [-0.2, 0) is 22.6 Å². The second-order valence-corrected chi connectivity index (χ2v) is 10.3. The minimum absolute atomic E-state index is 0.167. The first-order valence-corrected chi connectivity index (χ1v) is 12.5. The third-order valence-electron chi connectivity index (χ3n) is 5.41. The molecule has 2 aromatic carbocycles. The van der Waals surface area contributed by atoms with Gasteiger partial charge < -0.3 is 9.64 Å². The molecule has 1 aliphatic rings. The number of para-hydroxylation sites is 1. The summed E-state index contributed by atoms with van der Waals surface area (Å²) in [6, 6.07) is 11.6. The van der Waals surface area contributed by atoms with E-state index in [9.17, 15) is 21.6 Å². The molecule has 1 aromatic heterocycles. The predicted molar refractivity (Wildman–Crippen MR) is 120 cm³/mol. The number of anilines is 1. The molecule has 2 heterocycles. The largest absolute Gasteiger partial charge is 0.496 e. The topological polar surface area (TPSA) is 62.7 Å². The van der Waals surface area contributed by atoms with E-state index in [0.29, 0.717) is 25.6 Å². The van der Waals surface area contributed by atoms with Gasteiger partial charge in [0.2, 0.25) is 10.0 Å². The fourth-order valence-corrected chi connectivity index (χ4v) is 6.02. The SMILES string of the molecule is COc1ccccc1Cc1csc(N2CCN(S(=O)(=O)c3cccc(C(F)(F)F)c3)CC2)n1. The first-order valence-electron chi connectivity index (χ1n) is 10.2. The third kappa shape index (κ3) is 5.15. The van der Waals surface area contributed by atoms with Gasteiger partial charge in [-0.2, -0.15) is 17.5 Å². The summed E-state index contributed by atoms with van der Waals surface area (Å²) in [4.78, 5) is 6.33. The molecular formula is C22H22F3N3O3S2. The van der Waals surface area contributed by atoms with Crippen LogP contribution in [0.3, 0.4) is 0 Å². The maximum Gasteiger partial charge on any atom is 0.416 e. The Balaban J connectivity index is 1.42. The fraction of sp³-hybridized carbons (Fsp3) is 0.318. The fourth-order valence-electron chi connectivity index (χ4n) is 3.67. The number of aromatic nitrogens is 1. The first kappa shape index (κ1) is 23.5. The molecule has 0 amide bonds. The van der Waals surface area contributed by atoms with Crippen molar-refractivity contribution in [3.8, 4) is 5.75 Å². The van der Waals surface area contributed by atoms with Crippen LogP contribution in [0.5, 0.6) is 5.75 Å². The number of hydrogen-bond acceptors (Lipinski definition) is 6. The lowest BCUT2D eigenvalue weighted by Crippen LogP contribution is -2.48. The zero-order valence-corrected chi connectivity index (χ0v) is 19.4. The van der Waals surface area contributed by atoms with Gasteiger partial charge in [0.05, 0.1) is 23.3 Å². The summed E-state index contributed by atoms with van der Waals surface area (Å²) in [7, 11) is -2.39. The molecule has 0 atom stereocenters. The summed E-state index contributed by atoms with van der Waals surface area (Å²) in [5.74, 6) is 0.792. The van der Waals surface area contributed by atoms with Crippen LogP contribution < -0.4 is 9.64 Å². The molecule has 1 aliphatic heterocycles. The summed E-state index contributed by atoms with van der Waals surface area (Å²) < 4.78 is 71.4. The number of hydrogen-bond donors (Lipinski definition) is 0. The molecule has 0 radical (unpaired) electrons. The lowest BCUT2D eigenvalue weighted by atomic mass is 10.1. The normalized spacial score (nSPS) is 15.6. The molecule has 11 heteroatoms. The van der Waals surface area contributed by atoms with Gasteiger partial charge >= 0.3 is 6.18 Å². The Kier molecular flexibility index (Phi) is 6.64. The van der Waals surface area contributed by atoms with Crippen molar-refractivity contribution in [3.63, 3.8) is 0 Å². The van der Waals surface area contributed by atoms with Crippen LogP contribution in [0.2, 0.25) is 0 Å². The van der Waals surface area contributed by atoms with E-state index in [-0.39, 0.29) is 18.0 Å². The lowest BCUT2D eigenvalue weighted by Gasteiger charge is -2.33. The summed E-state index contributed by atoms with van der Waals surface area (Å²) in [5.41, 5.74) is 0.930. The maximum absolute atomic E-state index is 13.0. The van der Waals surface area contributed by atoms with Crippen LogP contribution in [0.1, 0.15) is 16.8 Å². The number of ether oxygens (including phenoxy) is 1. The number of nitrogens with zero attached hydrogens (tertiary/aromatic N) is 3. The van der Waals surface area contributed by atoms with E-state index in [1.807, 2.05) is 34.5 Å². The molecule has 6 nitrogen and oxygen atoms in total. The number of thiazole rings is 1. The number of piperazine rings is 1. The standard InChI is InChI=1S/C22H22F3N3O3S2/c1-31-20-8-3-2-5-16(20)13-18-15-32-21(26-18)27-9-11-28(12-10-27)33(29,30)19-7-4-6-17(14-19)22(23,24)25/h2-8,14-15H,9-13H2,1H3. The predicted octanol–water partition coefficient (Wildman–Crippen LogP) is 4.27. The van der Waals surface area contributed by atoms with Gasteiger partial charge in [0, 0.05) is 43.5 Å². The molecule has 0 bridgehead atoms. The number of alkyl halides is 3. The van der Waals surface area contributed by atoms with E-state index in [4.69, 9.17) is 4.74 Å². The average Bonchev–Trinajstić information content (AvgIpc) is 3.27. The monoisotopic (exact) mass is 497 g/mol. The number of benzene rings is 2. The Bertz CT molecular complexity index is 1220. The van der Waals surface area contributed by atoms with Gasteiger partial charge in [-0.25, -0.2) is 13.4 Å². The number of sulfonamides is 1. The summed E-state index contributed by atoms with van der Waals surface area (Å²) in [6.45, 7) is 1.14. The zero-order valence-electron chi connectivity index (χ0n) is 17.7. The van der Waals surface area contributed by atoms with E-state index in [2.05, 4.69) is 4.98 Å². The van der Waals surface area contributed by atoms with E-state index in [1.54, 1.807) is 7.11 Å². The summed E-state index contributed by atoms with van der Waals surface area (Å²) in [6.07, 6.45) is -3.99. The maximum atomic E-state index is 13.0. The minimum Gasteiger partial charge on any atom is -0.496 e. The highest BCUT2D eigenvalue weighted by Crippen LogP contribution is 2.32. The van der Waals surface area contributed by atoms with Gasteiger partial charge in [0.15, 0.2) is 5.13 Å². The molecule has 1 fully saturated rings. The molecule has 0 saturated carbocycles. The molecule has 3 aromatic rings. The highest BCUT2D eigenvalue weighted by molar-refractivity contribution is 7.89. The molecule has 33 heavy (non-hydrogen) atoms. The lowest BCUT2D eigenvalue weighted by molar-refractivity contribution is -0.137. The van der Waals surface area contributed by atoms with Crippen molar-refractivity contribution in [2.75, 3.05) is 38.2 Å². The average molecular weight is 498 g/mol. The van der Waals surface area contributed by atoms with Crippen molar-refractivity contribution in [3.05, 3.63) is 70.7 Å². The molecule has 176 valence electrons. The molecular weight excluding hydrogens is 475 g/mol. The van der Waals surface area contributed by atoms with E-state index in [0.717, 1.165) is 34.3 Å². The van der Waals surface area contributed by atoms with E-state index in [1.165, 1.54) is 21.7 Å². The van der Waals surface area contributed by atoms with Crippen molar-refractivity contribution in [1.29, 1.82) is 0 Å². The highest BCUT2D eigenvalue weighted by Gasteiger charge is 2.34. The third-order valence-corrected chi connectivity index (χ3v) is 8.26. The van der Waals surface area contributed by atoms with Gasteiger partial charge in [0.25, 0.3) is 0 Å². The van der Waals surface area contributed by atoms with Crippen LogP contribution in [-0.4, -0.2) is 51.0 Å². The molecule has 0 aliphatic carbocycles. The van der Waals surface area contributed by atoms with Gasteiger partial charge in [0.1, 0.15) is 5.75 Å². The van der Waals surface area contributed by atoms with Gasteiger partial charge in [-0.15, -0.1) is 11.3 Å². The Labute approximate surface area is 194 Å². The molecule has 4 rings (SSSR count). The molecule has 1 saturated heterocycles. The number of methoxy groups -OCH3 is 1. The van der Waals surface area contributed by atoms with Crippen molar-refractivity contribution < 1.29 is 26.3 Å². The number of halogens is 3. The molecule has 0 unspecified atom stereocenters. The highest BCUT2D eigenvalue weighted by atomic mass is 32.2. The zero-order chi connectivity index (χ0) is 23.6. The first-order chi connectivity index (χ1) is 15.7. The summed E-state index contributed by atoms with van der Waals surface area (Å²) >= 11 is 1.48. The van der Waals surface area contributed by atoms with Gasteiger partial charge in [-0.3, -0.25) is 0 Å². The van der Waals surface area contributed by atoms with Crippen molar-refractivity contribution >= 4 is 26.5 Å². The number of rotatable bonds is 6. The quantitative estimate of drug-likeness (QED) is 0.509. The Hall–Kier alpha value is -2.63. The second kappa shape index (κ2) is 9.32. The van der Waals surface area contributed by atoms with Crippen LogP contribution >= 0.6 is 11.3 Å². The van der Waals surface area contributed by atoms with Crippen molar-refractivity contribution in [2.45, 2.75) is 17.5 Å². The van der Waals surface area contributed by atoms with Crippen molar-refractivity contribution in [2.24, 2.45) is 0 Å². The van der Waals surface area contributed by atoms with Crippen LogP contribution in [0.15, 0.2) is 58.8 Å². The van der Waals surface area contributed by atoms with Gasteiger partial charge in [-0.1, -0.05) is 24.3 Å². The van der Waals surface area contributed by atoms with E-state index < -0.39 is 21.8 Å². The smallest absolute Gasteiger partial charge is 0.416 e. The van der Waals surface area contributed by atoms with E-state index >= 15 is 0 Å². The van der Waals surface area contributed by atoms with Crippen LogP contribution in [0, 0.1) is 0 Å². The van der Waals surface area contributed by atoms with Gasteiger partial charge in [-0.05, 0) is 24.3 Å². The molecule has 0 N–H and O–H groups in total. The Morgan fingerprint density at radius 2 is 1.79 bits per heavy atom. The van der Waals surface area contributed by atoms with Crippen LogP contribution in [0.25, 0.3) is 0 Å². The Morgan fingerprint density at radius 3 is 2.48 bits per heavy atom. The summed E-state index contributed by atoms with van der Waals surface area (Å²) in [5, 5.41) is 2.75. The minimum atomic E-state index is -4.60. The van der Waals surface area contributed by atoms with Crippen molar-refractivity contribution in [1.82, 2.24) is 9.29 Å². The molecule has 0 spiro atoms. The van der Waals surface area contributed by atoms with Crippen LogP contribution in [0.4, 0.5) is 18.3 Å². The second-order valence-electron chi connectivity index (χ2n) is 7.53. The Morgan fingerprint density at radius 1 is 1.06 bits per heavy atom.